The Bertz CT molecular complexity index is 1340. The molecule has 0 aromatic heterocycles. The third kappa shape index (κ3) is 49.1. The van der Waals surface area contributed by atoms with E-state index in [0.29, 0.717) is 19.3 Å². The summed E-state index contributed by atoms with van der Waals surface area (Å²) in [6, 6.07) is 0. The second kappa shape index (κ2) is 51.7. The molecule has 6 heteroatoms. The van der Waals surface area contributed by atoms with Crippen LogP contribution in [-0.2, 0) is 28.6 Å². The van der Waals surface area contributed by atoms with Gasteiger partial charge in [0.2, 0.25) is 0 Å². The van der Waals surface area contributed by atoms with E-state index in [1.54, 1.807) is 0 Å². The number of hydrogen-bond acceptors (Lipinski definition) is 6. The van der Waals surface area contributed by atoms with Crippen LogP contribution in [0.4, 0.5) is 0 Å². The molecule has 0 bridgehead atoms. The third-order valence-electron chi connectivity index (χ3n) is 10.6. The van der Waals surface area contributed by atoms with E-state index in [-0.39, 0.29) is 37.5 Å². The lowest BCUT2D eigenvalue weighted by Gasteiger charge is -2.18. The lowest BCUT2D eigenvalue weighted by molar-refractivity contribution is -0.166. The van der Waals surface area contributed by atoms with Crippen LogP contribution in [0, 0.1) is 0 Å². The van der Waals surface area contributed by atoms with Crippen LogP contribution in [0.1, 0.15) is 220 Å². The zero-order valence-electron chi connectivity index (χ0n) is 41.3. The molecule has 0 saturated carbocycles. The summed E-state index contributed by atoms with van der Waals surface area (Å²) in [5, 5.41) is 0. The molecular weight excluding hydrogens is 793 g/mol. The monoisotopic (exact) mass is 887 g/mol. The van der Waals surface area contributed by atoms with Gasteiger partial charge in [-0.3, -0.25) is 14.4 Å². The molecule has 1 atom stereocenters. The van der Waals surface area contributed by atoms with Gasteiger partial charge < -0.3 is 14.2 Å². The first-order chi connectivity index (χ1) is 31.5. The maximum atomic E-state index is 12.8. The molecule has 0 radical (unpaired) electrons. The predicted octanol–water partition coefficient (Wildman–Crippen LogP) is 17.1. The predicted molar refractivity (Wildman–Crippen MR) is 274 cm³/mol. The Labute approximate surface area is 393 Å². The first-order valence-corrected chi connectivity index (χ1v) is 26.0. The zero-order valence-corrected chi connectivity index (χ0v) is 41.3. The Morgan fingerprint density at radius 1 is 0.328 bits per heavy atom. The molecule has 0 amide bonds. The average molecular weight is 887 g/mol. The van der Waals surface area contributed by atoms with Crippen LogP contribution >= 0.6 is 0 Å². The lowest BCUT2D eigenvalue weighted by atomic mass is 10.1. The van der Waals surface area contributed by atoms with Crippen LogP contribution in [0.2, 0.25) is 0 Å². The van der Waals surface area contributed by atoms with Gasteiger partial charge in [0.1, 0.15) is 13.2 Å². The van der Waals surface area contributed by atoms with Crippen molar-refractivity contribution in [3.05, 3.63) is 109 Å². The minimum atomic E-state index is -0.819. The first-order valence-electron chi connectivity index (χ1n) is 26.0. The number of hydrogen-bond donors (Lipinski definition) is 0. The van der Waals surface area contributed by atoms with E-state index in [2.05, 4.69) is 87.6 Å². The summed E-state index contributed by atoms with van der Waals surface area (Å²) in [5.74, 6) is -1.03. The van der Waals surface area contributed by atoms with Crippen LogP contribution in [0.3, 0.4) is 0 Å². The highest BCUT2D eigenvalue weighted by molar-refractivity contribution is 5.71. The molecule has 0 fully saturated rings. The normalized spacial score (nSPS) is 13.0. The summed E-state index contributed by atoms with van der Waals surface area (Å²) in [7, 11) is 0. The lowest BCUT2D eigenvalue weighted by Crippen LogP contribution is -2.30. The first kappa shape index (κ1) is 60.1. The van der Waals surface area contributed by atoms with Crippen molar-refractivity contribution in [2.75, 3.05) is 13.2 Å². The molecule has 0 spiro atoms. The fraction of sp³-hybridized carbons (Fsp3) is 0.638. The molecule has 0 saturated heterocycles. The van der Waals surface area contributed by atoms with E-state index in [1.807, 2.05) is 42.5 Å². The summed E-state index contributed by atoms with van der Waals surface area (Å²) in [4.78, 5) is 38.0. The van der Waals surface area contributed by atoms with Crippen LogP contribution in [-0.4, -0.2) is 37.2 Å². The largest absolute Gasteiger partial charge is 0.462 e. The van der Waals surface area contributed by atoms with Crippen molar-refractivity contribution < 1.29 is 28.6 Å². The number of rotatable bonds is 45. The van der Waals surface area contributed by atoms with E-state index in [1.165, 1.54) is 77.0 Å². The van der Waals surface area contributed by atoms with Gasteiger partial charge in [-0.05, 0) is 83.5 Å². The molecule has 0 aliphatic rings. The Balaban J connectivity index is 4.54. The third-order valence-corrected chi connectivity index (χ3v) is 10.6. The van der Waals surface area contributed by atoms with Gasteiger partial charge in [0.15, 0.2) is 6.10 Å². The highest BCUT2D eigenvalue weighted by Gasteiger charge is 2.19. The second-order valence-electron chi connectivity index (χ2n) is 16.9. The Morgan fingerprint density at radius 3 is 1.20 bits per heavy atom. The fourth-order valence-electron chi connectivity index (χ4n) is 6.69. The van der Waals surface area contributed by atoms with Gasteiger partial charge in [0.05, 0.1) is 0 Å². The van der Waals surface area contributed by atoms with E-state index in [4.69, 9.17) is 14.2 Å². The van der Waals surface area contributed by atoms with Crippen molar-refractivity contribution in [3.8, 4) is 0 Å². The summed E-state index contributed by atoms with van der Waals surface area (Å²) in [5.41, 5.74) is 0. The van der Waals surface area contributed by atoms with Crippen LogP contribution in [0.5, 0.6) is 0 Å². The maximum Gasteiger partial charge on any atom is 0.306 e. The molecule has 64 heavy (non-hydrogen) atoms. The van der Waals surface area contributed by atoms with Crippen molar-refractivity contribution in [3.63, 3.8) is 0 Å². The quantitative estimate of drug-likeness (QED) is 0.0199. The smallest absolute Gasteiger partial charge is 0.306 e. The zero-order chi connectivity index (χ0) is 46.5. The number of carbonyl (C=O) groups excluding carboxylic acids is 3. The van der Waals surface area contributed by atoms with Gasteiger partial charge in [-0.15, -0.1) is 0 Å². The van der Waals surface area contributed by atoms with Crippen molar-refractivity contribution in [2.45, 2.75) is 226 Å². The fourth-order valence-corrected chi connectivity index (χ4v) is 6.69. The molecule has 0 aliphatic heterocycles. The summed E-state index contributed by atoms with van der Waals surface area (Å²) >= 11 is 0. The number of esters is 3. The Kier molecular flexibility index (Phi) is 48.5. The molecule has 0 aromatic carbocycles. The molecule has 362 valence electrons. The van der Waals surface area contributed by atoms with Gasteiger partial charge >= 0.3 is 17.9 Å². The molecule has 0 rings (SSSR count). The van der Waals surface area contributed by atoms with Gasteiger partial charge in [-0.1, -0.05) is 226 Å². The number of carbonyl (C=O) groups is 3. The Hall–Kier alpha value is -3.93. The highest BCUT2D eigenvalue weighted by atomic mass is 16.6. The number of allylic oxidation sites excluding steroid dienone is 18. The van der Waals surface area contributed by atoms with Gasteiger partial charge in [-0.25, -0.2) is 0 Å². The van der Waals surface area contributed by atoms with E-state index in [0.717, 1.165) is 96.3 Å². The number of unbranched alkanes of at least 4 members (excludes halogenated alkanes) is 21. The molecule has 1 unspecified atom stereocenters. The topological polar surface area (TPSA) is 78.9 Å². The van der Waals surface area contributed by atoms with Gasteiger partial charge in [-0.2, -0.15) is 0 Å². The van der Waals surface area contributed by atoms with Crippen LogP contribution in [0.25, 0.3) is 0 Å². The van der Waals surface area contributed by atoms with Gasteiger partial charge in [0, 0.05) is 19.3 Å². The van der Waals surface area contributed by atoms with Crippen molar-refractivity contribution in [1.29, 1.82) is 0 Å². The molecule has 0 aliphatic carbocycles. The van der Waals surface area contributed by atoms with Gasteiger partial charge in [0.25, 0.3) is 0 Å². The highest BCUT2D eigenvalue weighted by Crippen LogP contribution is 2.13. The second-order valence-corrected chi connectivity index (χ2v) is 16.9. The minimum absolute atomic E-state index is 0.115. The van der Waals surface area contributed by atoms with E-state index >= 15 is 0 Å². The molecular formula is C58H94O6. The molecule has 0 N–H and O–H groups in total. The van der Waals surface area contributed by atoms with E-state index in [9.17, 15) is 14.4 Å². The van der Waals surface area contributed by atoms with Crippen LogP contribution < -0.4 is 0 Å². The molecule has 0 heterocycles. The number of ether oxygens (including phenoxy) is 3. The van der Waals surface area contributed by atoms with E-state index < -0.39 is 6.10 Å². The average Bonchev–Trinajstić information content (AvgIpc) is 3.29. The van der Waals surface area contributed by atoms with Crippen molar-refractivity contribution >= 4 is 17.9 Å². The minimum Gasteiger partial charge on any atom is -0.462 e. The Morgan fingerprint density at radius 2 is 0.688 bits per heavy atom. The SMILES string of the molecule is CCC/C=C/C=C/C=C/C=C/C=C/CCCCCCCC(=O)OCC(COC(=O)CC/C=C/C/C=C/CCCCCCCC)OC(=O)CCCCCCCC/C=C/C=C/CCCCC. The van der Waals surface area contributed by atoms with Crippen LogP contribution in [0.15, 0.2) is 109 Å². The summed E-state index contributed by atoms with van der Waals surface area (Å²) in [6.45, 7) is 6.41. The standard InChI is InChI=1S/C58H94O6/c1-4-7-10-13-16-19-22-25-27-28-29-31-33-36-39-42-45-48-51-57(60)63-54-55(53-62-56(59)50-47-44-41-38-35-32-24-21-18-15-12-9-6-3)64-58(61)52-49-46-43-40-37-34-30-26-23-20-17-14-11-8-5-2/h10,13,16-17,19-20,22-23,25-29,31-32,35,41,44,55H,4-9,11-12,14-15,18,21,24,30,33-34,36-40,42-43,45-54H2,1-3H3/b13-10+,19-16+,20-17+,25-22+,26-23+,28-27+,31-29+,35-32+,44-41+. The maximum absolute atomic E-state index is 12.8. The molecule has 0 aromatic rings. The summed E-state index contributed by atoms with van der Waals surface area (Å²) < 4.78 is 16.7. The van der Waals surface area contributed by atoms with Crippen molar-refractivity contribution in [2.24, 2.45) is 0 Å². The van der Waals surface area contributed by atoms with Crippen molar-refractivity contribution in [1.82, 2.24) is 0 Å². The molecule has 6 nitrogen and oxygen atoms in total. The summed E-state index contributed by atoms with van der Waals surface area (Å²) in [6.07, 6.45) is 69.3.